The molecule has 10 atom stereocenters. The zero-order valence-electron chi connectivity index (χ0n) is 27.7. The van der Waals surface area contributed by atoms with Crippen LogP contribution in [-0.2, 0) is 19.1 Å². The predicted octanol–water partition coefficient (Wildman–Crippen LogP) is 7.01. The van der Waals surface area contributed by atoms with Gasteiger partial charge in [0.1, 0.15) is 5.60 Å². The molecule has 0 aromatic rings. The molecule has 4 fully saturated rings. The fraction of sp³-hybridized carbons (Fsp3) is 0.829. The van der Waals surface area contributed by atoms with E-state index in [4.69, 9.17) is 4.74 Å². The van der Waals surface area contributed by atoms with Crippen LogP contribution >= 0.6 is 0 Å². The third-order valence-electron chi connectivity index (χ3n) is 13.9. The number of hydrogen-bond donors (Lipinski definition) is 3. The van der Waals surface area contributed by atoms with Gasteiger partial charge in [-0.05, 0) is 132 Å². The lowest BCUT2D eigenvalue weighted by Crippen LogP contribution is -2.69. The van der Waals surface area contributed by atoms with Crippen molar-refractivity contribution in [2.45, 2.75) is 132 Å². The summed E-state index contributed by atoms with van der Waals surface area (Å²) >= 11 is 0. The highest BCUT2D eigenvalue weighted by Crippen LogP contribution is 2.75. The van der Waals surface area contributed by atoms with E-state index >= 15 is 0 Å². The number of carbonyl (C=O) groups is 4. The second-order valence-corrected chi connectivity index (χ2v) is 17.4. The Balaban J connectivity index is 1.55. The molecule has 240 valence electrons. The molecule has 8 heteroatoms. The molecule has 0 aromatic carbocycles. The van der Waals surface area contributed by atoms with Crippen molar-refractivity contribution in [3.63, 3.8) is 0 Å². The van der Waals surface area contributed by atoms with E-state index in [2.05, 4.69) is 33.0 Å². The highest BCUT2D eigenvalue weighted by atomic mass is 16.6. The van der Waals surface area contributed by atoms with E-state index < -0.39 is 45.9 Å². The number of hydrogen-bond acceptors (Lipinski definition) is 5. The van der Waals surface area contributed by atoms with Crippen LogP contribution in [-0.4, -0.2) is 45.7 Å². The van der Waals surface area contributed by atoms with E-state index in [1.54, 1.807) is 27.7 Å². The zero-order valence-corrected chi connectivity index (χ0v) is 27.7. The summed E-state index contributed by atoms with van der Waals surface area (Å²) in [7, 11) is 0. The van der Waals surface area contributed by atoms with Crippen molar-refractivity contribution in [2.24, 2.45) is 50.2 Å². The fourth-order valence-corrected chi connectivity index (χ4v) is 11.0. The Labute approximate surface area is 256 Å². The number of ketones is 1. The van der Waals surface area contributed by atoms with Crippen LogP contribution in [0.3, 0.4) is 0 Å². The summed E-state index contributed by atoms with van der Waals surface area (Å²) < 4.78 is 5.51. The molecule has 8 nitrogen and oxygen atoms in total. The lowest BCUT2D eigenvalue weighted by Gasteiger charge is -2.70. The van der Waals surface area contributed by atoms with Crippen molar-refractivity contribution in [2.75, 3.05) is 0 Å². The number of carboxylic acid groups (broad SMARTS) is 2. The number of ether oxygens (including phenoxy) is 1. The van der Waals surface area contributed by atoms with Crippen molar-refractivity contribution < 1.29 is 34.1 Å². The molecule has 43 heavy (non-hydrogen) atoms. The number of carboxylic acids is 2. The van der Waals surface area contributed by atoms with Gasteiger partial charge in [0.2, 0.25) is 0 Å². The van der Waals surface area contributed by atoms with Crippen LogP contribution in [0, 0.1) is 50.2 Å². The SMILES string of the molecule is CC(C)(C)OC(=O)N[C@H]1CC[C@@]2(C)C(CCC3(C)[C@@H]2C(=O)C=C2[C@@H]4CC(C)(C(=O)O)CCC4(C)CCC23C)[C@]1(C)C(=O)O. The van der Waals surface area contributed by atoms with Crippen molar-refractivity contribution in [1.29, 1.82) is 0 Å². The average molecular weight is 600 g/mol. The maximum atomic E-state index is 14.5. The van der Waals surface area contributed by atoms with Crippen molar-refractivity contribution in [3.05, 3.63) is 11.6 Å². The van der Waals surface area contributed by atoms with Crippen LogP contribution in [0.2, 0.25) is 0 Å². The number of nitrogens with one attached hydrogen (secondary N) is 1. The Bertz CT molecular complexity index is 1280. The molecule has 5 unspecified atom stereocenters. The van der Waals surface area contributed by atoms with Gasteiger partial charge in [-0.1, -0.05) is 33.3 Å². The normalized spacial score (nSPS) is 47.6. The number of amides is 1. The summed E-state index contributed by atoms with van der Waals surface area (Å²) in [5.41, 5.74) is -2.92. The lowest BCUT2D eigenvalue weighted by atomic mass is 9.33. The highest BCUT2D eigenvalue weighted by molar-refractivity contribution is 5.96. The van der Waals surface area contributed by atoms with Gasteiger partial charge in [0.25, 0.3) is 0 Å². The minimum Gasteiger partial charge on any atom is -0.481 e. The van der Waals surface area contributed by atoms with Crippen LogP contribution in [0.15, 0.2) is 11.6 Å². The Morgan fingerprint density at radius 2 is 1.51 bits per heavy atom. The minimum atomic E-state index is -1.27. The molecular formula is C35H53NO7. The predicted molar refractivity (Wildman–Crippen MR) is 162 cm³/mol. The molecule has 1 amide bonds. The maximum absolute atomic E-state index is 14.5. The van der Waals surface area contributed by atoms with E-state index in [9.17, 15) is 29.4 Å². The molecule has 0 bridgehead atoms. The molecule has 5 rings (SSSR count). The van der Waals surface area contributed by atoms with E-state index in [1.807, 2.05) is 13.0 Å². The summed E-state index contributed by atoms with van der Waals surface area (Å²) in [5, 5.41) is 23.8. The van der Waals surface area contributed by atoms with Gasteiger partial charge in [-0.15, -0.1) is 0 Å². The smallest absolute Gasteiger partial charge is 0.407 e. The quantitative estimate of drug-likeness (QED) is 0.318. The number of carbonyl (C=O) groups excluding carboxylic acids is 2. The van der Waals surface area contributed by atoms with Crippen molar-refractivity contribution >= 4 is 23.8 Å². The Hall–Kier alpha value is -2.38. The van der Waals surface area contributed by atoms with Crippen LogP contribution in [0.5, 0.6) is 0 Å². The third kappa shape index (κ3) is 4.42. The first-order valence-electron chi connectivity index (χ1n) is 16.3. The molecule has 5 aliphatic rings. The van der Waals surface area contributed by atoms with Gasteiger partial charge in [0.05, 0.1) is 10.8 Å². The van der Waals surface area contributed by atoms with Gasteiger partial charge in [-0.3, -0.25) is 14.4 Å². The monoisotopic (exact) mass is 599 g/mol. The number of aliphatic carboxylic acids is 2. The van der Waals surface area contributed by atoms with Gasteiger partial charge in [0, 0.05) is 12.0 Å². The first-order valence-corrected chi connectivity index (χ1v) is 16.3. The first-order chi connectivity index (χ1) is 19.6. The largest absolute Gasteiger partial charge is 0.481 e. The molecule has 4 saturated carbocycles. The van der Waals surface area contributed by atoms with Crippen LogP contribution in [0.4, 0.5) is 4.79 Å². The molecule has 0 spiro atoms. The number of alkyl carbamates (subject to hydrolysis) is 1. The molecular weight excluding hydrogens is 546 g/mol. The van der Waals surface area contributed by atoms with Crippen molar-refractivity contribution in [1.82, 2.24) is 5.32 Å². The van der Waals surface area contributed by atoms with Gasteiger partial charge in [-0.25, -0.2) is 4.79 Å². The highest BCUT2D eigenvalue weighted by Gasteiger charge is 2.72. The van der Waals surface area contributed by atoms with Crippen LogP contribution in [0.1, 0.15) is 120 Å². The second kappa shape index (κ2) is 9.56. The topological polar surface area (TPSA) is 130 Å². The second-order valence-electron chi connectivity index (χ2n) is 17.4. The van der Waals surface area contributed by atoms with E-state index in [0.29, 0.717) is 38.5 Å². The Morgan fingerprint density at radius 1 is 0.884 bits per heavy atom. The standard InChI is InChI=1S/C35H53NO7/c1-29(2,3)43-28(42)36-24-11-12-32(6)23(35(24,9)27(40)41)10-13-34(8)25(32)22(37)18-20-21-19-31(5,26(38)39)15-14-30(21,4)16-17-33(20,34)7/h18,21,23-25H,10-17,19H2,1-9H3,(H,36,42)(H,38,39)(H,40,41)/t21-,23?,24-,25+,30?,31?,32-,33?,34?,35-/m0/s1. The molecule has 0 saturated heterocycles. The summed E-state index contributed by atoms with van der Waals surface area (Å²) in [4.78, 5) is 52.8. The Kier molecular flexibility index (Phi) is 7.12. The van der Waals surface area contributed by atoms with Crippen LogP contribution in [0.25, 0.3) is 0 Å². The van der Waals surface area contributed by atoms with Gasteiger partial charge >= 0.3 is 18.0 Å². The van der Waals surface area contributed by atoms with E-state index in [-0.39, 0.29) is 39.8 Å². The molecule has 0 aromatic heterocycles. The summed E-state index contributed by atoms with van der Waals surface area (Å²) in [5.74, 6) is -2.28. The van der Waals surface area contributed by atoms with Gasteiger partial charge in [0.15, 0.2) is 5.78 Å². The molecule has 0 heterocycles. The van der Waals surface area contributed by atoms with Crippen molar-refractivity contribution in [3.8, 4) is 0 Å². The molecule has 0 aliphatic heterocycles. The molecule has 5 aliphatic carbocycles. The number of allylic oxidation sites excluding steroid dienone is 2. The van der Waals surface area contributed by atoms with Crippen LogP contribution < -0.4 is 5.32 Å². The third-order valence-corrected chi connectivity index (χ3v) is 13.9. The fourth-order valence-electron chi connectivity index (χ4n) is 11.0. The Morgan fingerprint density at radius 3 is 2.09 bits per heavy atom. The number of fused-ring (bicyclic) bond motifs is 7. The number of rotatable bonds is 3. The molecule has 3 N–H and O–H groups in total. The summed E-state index contributed by atoms with van der Waals surface area (Å²) in [6, 6.07) is -0.617. The zero-order chi connectivity index (χ0) is 32.2. The minimum absolute atomic E-state index is 0.0296. The molecule has 0 radical (unpaired) electrons. The maximum Gasteiger partial charge on any atom is 0.407 e. The van der Waals surface area contributed by atoms with E-state index in [1.165, 1.54) is 0 Å². The van der Waals surface area contributed by atoms with Gasteiger partial charge in [-0.2, -0.15) is 0 Å². The lowest BCUT2D eigenvalue weighted by molar-refractivity contribution is -0.201. The average Bonchev–Trinajstić information content (AvgIpc) is 2.86. The van der Waals surface area contributed by atoms with Gasteiger partial charge < -0.3 is 20.3 Å². The van der Waals surface area contributed by atoms with E-state index in [0.717, 1.165) is 24.8 Å². The first kappa shape index (κ1) is 32.0. The summed E-state index contributed by atoms with van der Waals surface area (Å²) in [6.07, 6.45) is 7.66. The summed E-state index contributed by atoms with van der Waals surface area (Å²) in [6.45, 7) is 17.9.